The maximum Gasteiger partial charge on any atom is 0.416 e. The van der Waals surface area contributed by atoms with E-state index in [1.54, 1.807) is 92.6 Å². The van der Waals surface area contributed by atoms with Gasteiger partial charge in [-0.05, 0) is 105 Å². The first kappa shape index (κ1) is 50.0. The zero-order valence-corrected chi connectivity index (χ0v) is 36.4. The van der Waals surface area contributed by atoms with Crippen LogP contribution in [0.15, 0.2) is 66.5 Å². The quantitative estimate of drug-likeness (QED) is 0.0789. The number of para-hydroxylation sites is 1. The summed E-state index contributed by atoms with van der Waals surface area (Å²) in [6.45, 7) is 14.7. The molecular weight excluding hydrogens is 816 g/mol. The van der Waals surface area contributed by atoms with Crippen molar-refractivity contribution in [3.8, 4) is 0 Å². The predicted octanol–water partition coefficient (Wildman–Crippen LogP) is 6.90. The number of fused-ring (bicyclic) bond motifs is 1. The highest BCUT2D eigenvalue weighted by Crippen LogP contribution is 2.29. The Morgan fingerprint density at radius 2 is 1.27 bits per heavy atom. The van der Waals surface area contributed by atoms with Gasteiger partial charge < -0.3 is 45.7 Å². The minimum absolute atomic E-state index is 0.0474. The van der Waals surface area contributed by atoms with Crippen molar-refractivity contribution in [1.82, 2.24) is 31.2 Å². The number of halogens is 3. The molecule has 3 aromatic rings. The number of hydrogen-bond donors (Lipinski definition) is 5. The van der Waals surface area contributed by atoms with Crippen LogP contribution in [0.3, 0.4) is 0 Å². The molecule has 1 atom stereocenters. The van der Waals surface area contributed by atoms with Gasteiger partial charge >= 0.3 is 24.5 Å². The number of nitrogens with zero attached hydrogens (tertiary/aromatic N) is 2. The number of carbonyl (C=O) groups is 6. The van der Waals surface area contributed by atoms with Crippen molar-refractivity contribution >= 4 is 58.7 Å². The molecule has 1 heterocycles. The molecule has 0 unspecified atom stereocenters. The number of hydrogen-bond acceptors (Lipinski definition) is 10. The Labute approximate surface area is 358 Å². The van der Waals surface area contributed by atoms with Crippen LogP contribution < -0.4 is 26.6 Å². The van der Waals surface area contributed by atoms with Gasteiger partial charge in [-0.1, -0.05) is 30.3 Å². The van der Waals surface area contributed by atoms with E-state index in [9.17, 15) is 41.9 Å². The van der Waals surface area contributed by atoms with E-state index in [-0.39, 0.29) is 50.3 Å². The van der Waals surface area contributed by atoms with Crippen LogP contribution in [-0.2, 0) is 34.8 Å². The fourth-order valence-electron chi connectivity index (χ4n) is 5.37. The molecule has 0 spiro atoms. The first-order valence-corrected chi connectivity index (χ1v) is 19.7. The maximum absolute atomic E-state index is 14.1. The van der Waals surface area contributed by atoms with E-state index in [0.29, 0.717) is 10.9 Å². The lowest BCUT2D eigenvalue weighted by Gasteiger charge is -2.26. The third-order valence-electron chi connectivity index (χ3n) is 8.01. The van der Waals surface area contributed by atoms with Crippen LogP contribution in [0.1, 0.15) is 86.3 Å². The highest BCUT2D eigenvalue weighted by molar-refractivity contribution is 6.09. The second-order valence-electron chi connectivity index (χ2n) is 17.0. The van der Waals surface area contributed by atoms with Crippen LogP contribution in [0.5, 0.6) is 0 Å². The van der Waals surface area contributed by atoms with Crippen molar-refractivity contribution in [3.63, 3.8) is 0 Å². The Hall–Kier alpha value is -6.40. The summed E-state index contributed by atoms with van der Waals surface area (Å²) in [6.07, 6.45) is -5.29. The van der Waals surface area contributed by atoms with Gasteiger partial charge in [0.2, 0.25) is 11.8 Å². The Morgan fingerprint density at radius 1 is 0.742 bits per heavy atom. The first-order valence-electron chi connectivity index (χ1n) is 19.7. The molecule has 0 saturated heterocycles. The third-order valence-corrected chi connectivity index (χ3v) is 8.01. The number of carbonyl (C=O) groups excluding carboxylic acids is 6. The first-order chi connectivity index (χ1) is 28.7. The summed E-state index contributed by atoms with van der Waals surface area (Å²) in [4.78, 5) is 84.9. The number of ether oxygens (including phenoxy) is 3. The number of aromatic nitrogens is 1. The molecule has 0 aliphatic carbocycles. The second kappa shape index (κ2) is 21.4. The van der Waals surface area contributed by atoms with E-state index >= 15 is 0 Å². The van der Waals surface area contributed by atoms with Gasteiger partial charge in [-0.25, -0.2) is 14.4 Å². The monoisotopic (exact) mass is 871 g/mol. The molecule has 5 N–H and O–H groups in total. The van der Waals surface area contributed by atoms with Gasteiger partial charge in [0, 0.05) is 38.0 Å². The number of benzene rings is 2. The molecule has 16 nitrogen and oxygen atoms in total. The summed E-state index contributed by atoms with van der Waals surface area (Å²) >= 11 is 0. The predicted molar refractivity (Wildman–Crippen MR) is 225 cm³/mol. The average Bonchev–Trinajstić information content (AvgIpc) is 3.13. The van der Waals surface area contributed by atoms with Crippen LogP contribution in [0.2, 0.25) is 0 Å². The molecule has 6 amide bonds. The van der Waals surface area contributed by atoms with Crippen LogP contribution >= 0.6 is 0 Å². The lowest BCUT2D eigenvalue weighted by atomic mass is 10.1. The molecule has 1 aromatic heterocycles. The van der Waals surface area contributed by atoms with Crippen LogP contribution in [0.4, 0.5) is 33.2 Å². The number of nitrogens with one attached hydrogen (secondary N) is 5. The number of pyridine rings is 1. The van der Waals surface area contributed by atoms with Gasteiger partial charge in [-0.15, -0.1) is 0 Å². The van der Waals surface area contributed by atoms with Crippen LogP contribution in [-0.4, -0.2) is 94.9 Å². The molecule has 0 aliphatic rings. The maximum atomic E-state index is 14.1. The van der Waals surface area contributed by atoms with Gasteiger partial charge in [0.25, 0.3) is 5.91 Å². The van der Waals surface area contributed by atoms with Gasteiger partial charge in [0.05, 0.1) is 23.0 Å². The van der Waals surface area contributed by atoms with Crippen molar-refractivity contribution in [2.24, 2.45) is 0 Å². The highest BCUT2D eigenvalue weighted by atomic mass is 19.4. The number of rotatable bonds is 15. The smallest absolute Gasteiger partial charge is 0.416 e. The van der Waals surface area contributed by atoms with Crippen LogP contribution in [0, 0.1) is 0 Å². The molecule has 0 bridgehead atoms. The van der Waals surface area contributed by atoms with E-state index in [1.165, 1.54) is 11.1 Å². The highest BCUT2D eigenvalue weighted by Gasteiger charge is 2.31. The van der Waals surface area contributed by atoms with Crippen molar-refractivity contribution < 1.29 is 56.1 Å². The Balaban J connectivity index is 1.91. The Bertz CT molecular complexity index is 2060. The van der Waals surface area contributed by atoms with Gasteiger partial charge in [-0.2, -0.15) is 13.2 Å². The molecule has 0 aliphatic heterocycles. The Kier molecular flexibility index (Phi) is 17.3. The molecule has 62 heavy (non-hydrogen) atoms. The van der Waals surface area contributed by atoms with E-state index in [1.807, 2.05) is 0 Å². The number of amides is 6. The van der Waals surface area contributed by atoms with E-state index in [0.717, 1.165) is 30.3 Å². The lowest BCUT2D eigenvalue weighted by Crippen LogP contribution is -2.49. The van der Waals surface area contributed by atoms with Crippen molar-refractivity contribution in [2.75, 3.05) is 31.5 Å². The van der Waals surface area contributed by atoms with Gasteiger partial charge in [0.1, 0.15) is 28.5 Å². The minimum atomic E-state index is -4.63. The topological polar surface area (TPSA) is 206 Å². The summed E-state index contributed by atoms with van der Waals surface area (Å²) in [5.74, 6) is -2.41. The normalized spacial score (nSPS) is 12.7. The number of alkyl halides is 3. The number of anilines is 1. The zero-order chi connectivity index (χ0) is 46.5. The van der Waals surface area contributed by atoms with Crippen molar-refractivity contribution in [1.29, 1.82) is 0 Å². The zero-order valence-electron chi connectivity index (χ0n) is 36.4. The lowest BCUT2D eigenvalue weighted by molar-refractivity contribution is -0.137. The summed E-state index contributed by atoms with van der Waals surface area (Å²) in [6, 6.07) is 11.1. The van der Waals surface area contributed by atoms with E-state index in [2.05, 4.69) is 31.6 Å². The molecule has 19 heteroatoms. The summed E-state index contributed by atoms with van der Waals surface area (Å²) in [5, 5.41) is 13.4. The Morgan fingerprint density at radius 3 is 1.81 bits per heavy atom. The number of alkyl carbamates (subject to hydrolysis) is 3. The molecule has 0 radical (unpaired) electrons. The second-order valence-corrected chi connectivity index (χ2v) is 17.0. The largest absolute Gasteiger partial charge is 0.444 e. The van der Waals surface area contributed by atoms with E-state index in [4.69, 9.17) is 14.2 Å². The van der Waals surface area contributed by atoms with Gasteiger partial charge in [0.15, 0.2) is 0 Å². The van der Waals surface area contributed by atoms with Crippen molar-refractivity contribution in [3.05, 3.63) is 77.6 Å². The van der Waals surface area contributed by atoms with Crippen molar-refractivity contribution in [2.45, 2.75) is 104 Å². The molecule has 2 aromatic carbocycles. The van der Waals surface area contributed by atoms with Gasteiger partial charge in [-0.3, -0.25) is 19.4 Å². The minimum Gasteiger partial charge on any atom is -0.444 e. The van der Waals surface area contributed by atoms with E-state index < -0.39 is 76.3 Å². The standard InChI is InChI=1S/C43H56F3N7O9/c1-40(2,3)60-37(57)47-20-22-53(23-21-48-38(58)61-41(4,5)6)34(54)19-18-32(52-39(59)62-42(7,8)9)35(55)51-33(24-27-14-16-29(17-15-27)43(44,45)46)36(56)50-30-25-28-12-10-11-13-31(28)49-26-30/h10-17,24-26,32H,18-23H2,1-9H3,(H,47,57)(H,48,58)(H,50,56)(H,51,55)(H,52,59)/t32-/m0/s1. The molecular formula is C43H56F3N7O9. The molecule has 0 saturated carbocycles. The summed E-state index contributed by atoms with van der Waals surface area (Å²) < 4.78 is 55.9. The molecule has 0 fully saturated rings. The summed E-state index contributed by atoms with van der Waals surface area (Å²) in [7, 11) is 0. The molecule has 338 valence electrons. The third kappa shape index (κ3) is 18.5. The molecule has 3 rings (SSSR count). The fraction of sp³-hybridized carbons (Fsp3) is 0.465. The SMILES string of the molecule is CC(C)(C)OC(=O)NCCN(CCNC(=O)OC(C)(C)C)C(=O)CC[C@H](NC(=O)OC(C)(C)C)C(=O)NC(=Cc1ccc(C(F)(F)F)cc1)C(=O)Nc1cnc2ccccc2c1. The fourth-order valence-corrected chi connectivity index (χ4v) is 5.37. The summed E-state index contributed by atoms with van der Waals surface area (Å²) in [5.41, 5.74) is -2.94. The average molecular weight is 872 g/mol. The van der Waals surface area contributed by atoms with Crippen LogP contribution in [0.25, 0.3) is 17.0 Å².